The smallest absolute Gasteiger partial charge is 0.304 e. The highest BCUT2D eigenvalue weighted by molar-refractivity contribution is 6.12. The maximum Gasteiger partial charge on any atom is 0.304 e. The van der Waals surface area contributed by atoms with Crippen molar-refractivity contribution in [1.82, 2.24) is 0 Å². The van der Waals surface area contributed by atoms with E-state index in [0.29, 0.717) is 17.7 Å². The molecule has 3 aliphatic rings. The summed E-state index contributed by atoms with van der Waals surface area (Å²) in [4.78, 5) is 0. The fourth-order valence-electron chi connectivity index (χ4n) is 2.27. The number of furan rings is 2. The van der Waals surface area contributed by atoms with Crippen molar-refractivity contribution in [1.29, 1.82) is 0 Å². The third kappa shape index (κ3) is 0.317. The molecule has 0 saturated carbocycles. The van der Waals surface area contributed by atoms with Crippen molar-refractivity contribution >= 4 is 22.8 Å². The van der Waals surface area contributed by atoms with Crippen molar-refractivity contribution in [3.8, 4) is 11.9 Å². The fraction of sp³-hybridized carbons (Fsp3) is 0.111. The summed E-state index contributed by atoms with van der Waals surface area (Å²) in [6.45, 7) is 0. The van der Waals surface area contributed by atoms with Crippen molar-refractivity contribution in [2.24, 2.45) is 0 Å². The Morgan fingerprint density at radius 1 is 1.08 bits per heavy atom. The second kappa shape index (κ2) is 1.16. The molecule has 2 bridgehead atoms. The predicted octanol–water partition coefficient (Wildman–Crippen LogP) is 1.99. The van der Waals surface area contributed by atoms with Crippen molar-refractivity contribution in [2.75, 3.05) is 0 Å². The highest BCUT2D eigenvalue weighted by Crippen LogP contribution is 2.57. The van der Waals surface area contributed by atoms with Gasteiger partial charge in [0.15, 0.2) is 0 Å². The van der Waals surface area contributed by atoms with Gasteiger partial charge in [0.05, 0.1) is 16.5 Å². The lowest BCUT2D eigenvalue weighted by Gasteiger charge is -2.15. The van der Waals surface area contributed by atoms with E-state index in [9.17, 15) is 0 Å². The van der Waals surface area contributed by atoms with Gasteiger partial charge in [-0.05, 0) is 6.08 Å². The van der Waals surface area contributed by atoms with Gasteiger partial charge in [0, 0.05) is 5.57 Å². The minimum absolute atomic E-state index is 0.344. The molecule has 62 valence electrons. The second-order valence-electron chi connectivity index (χ2n) is 3.40. The van der Waals surface area contributed by atoms with Crippen LogP contribution in [0.4, 0.5) is 0 Å². The van der Waals surface area contributed by atoms with Gasteiger partial charge in [-0.15, -0.1) is 0 Å². The molecule has 0 saturated heterocycles. The molecule has 0 amide bonds. The average Bonchev–Trinajstić information content (AvgIpc) is 2.73. The van der Waals surface area contributed by atoms with Crippen LogP contribution in [0.5, 0.6) is 11.9 Å². The summed E-state index contributed by atoms with van der Waals surface area (Å²) >= 11 is 0. The summed E-state index contributed by atoms with van der Waals surface area (Å²) in [6.07, 6.45) is 1.71. The van der Waals surface area contributed by atoms with Crippen LogP contribution in [-0.2, 0) is 0 Å². The van der Waals surface area contributed by atoms with E-state index in [4.69, 9.17) is 18.3 Å². The molecule has 4 heteroatoms. The summed E-state index contributed by atoms with van der Waals surface area (Å²) in [5.74, 6) is 1.57. The van der Waals surface area contributed by atoms with Crippen molar-refractivity contribution < 1.29 is 18.3 Å². The molecule has 4 nitrogen and oxygen atoms in total. The molecular formula is C9H2O4. The van der Waals surface area contributed by atoms with Gasteiger partial charge >= 0.3 is 5.78 Å². The average molecular weight is 174 g/mol. The zero-order valence-corrected chi connectivity index (χ0v) is 6.29. The minimum atomic E-state index is -0.344. The van der Waals surface area contributed by atoms with E-state index in [1.807, 2.05) is 0 Å². The second-order valence-corrected chi connectivity index (χ2v) is 3.40. The SMILES string of the molecule is C1=C2c3c4oc5oc(c1c35)OC2O4. The molecule has 2 aromatic rings. The summed E-state index contributed by atoms with van der Waals surface area (Å²) < 4.78 is 21.6. The van der Waals surface area contributed by atoms with Crippen LogP contribution in [0.25, 0.3) is 22.8 Å². The lowest BCUT2D eigenvalue weighted by molar-refractivity contribution is 0.0191. The van der Waals surface area contributed by atoms with Gasteiger partial charge in [-0.1, -0.05) is 0 Å². The molecular weight excluding hydrogens is 172 g/mol. The van der Waals surface area contributed by atoms with Crippen LogP contribution in [0, 0.1) is 0 Å². The van der Waals surface area contributed by atoms with E-state index in [1.54, 1.807) is 0 Å². The largest absolute Gasteiger partial charge is 0.419 e. The van der Waals surface area contributed by atoms with Gasteiger partial charge in [0.1, 0.15) is 0 Å². The molecule has 2 aliphatic heterocycles. The van der Waals surface area contributed by atoms with Gasteiger partial charge in [-0.2, -0.15) is 0 Å². The molecule has 0 aromatic carbocycles. The Balaban J connectivity index is 2.30. The zero-order valence-electron chi connectivity index (χ0n) is 6.29. The van der Waals surface area contributed by atoms with Crippen molar-refractivity contribution in [2.45, 2.75) is 6.29 Å². The van der Waals surface area contributed by atoms with Gasteiger partial charge in [-0.25, -0.2) is 0 Å². The first-order valence-electron chi connectivity index (χ1n) is 4.06. The molecule has 1 atom stereocenters. The van der Waals surface area contributed by atoms with E-state index in [-0.39, 0.29) is 6.29 Å². The van der Waals surface area contributed by atoms with Crippen molar-refractivity contribution in [3.05, 3.63) is 11.1 Å². The standard InChI is InChI=1S/C9H2O4/c1-2-4-5-3(1)7-10-6(2)11-8(4)13-9(5)12-7/h1,6H. The molecule has 1 aliphatic carbocycles. The Bertz CT molecular complexity index is 596. The lowest BCUT2D eigenvalue weighted by Crippen LogP contribution is -2.21. The van der Waals surface area contributed by atoms with Crippen LogP contribution in [0.3, 0.4) is 0 Å². The van der Waals surface area contributed by atoms with E-state index < -0.39 is 0 Å². The van der Waals surface area contributed by atoms with E-state index in [2.05, 4.69) is 6.08 Å². The monoisotopic (exact) mass is 174 g/mol. The Morgan fingerprint density at radius 2 is 1.92 bits per heavy atom. The third-order valence-electron chi connectivity index (χ3n) is 2.79. The van der Waals surface area contributed by atoms with Crippen LogP contribution >= 0.6 is 0 Å². The number of hydrogen-bond acceptors (Lipinski definition) is 4. The first kappa shape index (κ1) is 5.01. The van der Waals surface area contributed by atoms with Gasteiger partial charge in [0.25, 0.3) is 18.2 Å². The number of hydrogen-bond donors (Lipinski definition) is 0. The van der Waals surface area contributed by atoms with Gasteiger partial charge < -0.3 is 18.3 Å². The van der Waals surface area contributed by atoms with E-state index in [0.717, 1.165) is 22.1 Å². The van der Waals surface area contributed by atoms with Crippen LogP contribution in [0.2, 0.25) is 0 Å². The van der Waals surface area contributed by atoms with Gasteiger partial charge in [0.2, 0.25) is 0 Å². The summed E-state index contributed by atoms with van der Waals surface area (Å²) in [5.41, 5.74) is 3.11. The third-order valence-corrected chi connectivity index (χ3v) is 2.79. The number of ether oxygens (including phenoxy) is 2. The maximum absolute atomic E-state index is 5.46. The zero-order chi connectivity index (χ0) is 8.15. The Hall–Kier alpha value is -1.84. The first-order valence-corrected chi connectivity index (χ1v) is 4.06. The van der Waals surface area contributed by atoms with Crippen LogP contribution < -0.4 is 9.47 Å². The summed E-state index contributed by atoms with van der Waals surface area (Å²) in [6, 6.07) is 0. The Labute approximate surface area is 71.3 Å². The van der Waals surface area contributed by atoms with Crippen LogP contribution in [0.15, 0.2) is 8.83 Å². The lowest BCUT2D eigenvalue weighted by atomic mass is 10.2. The molecule has 0 spiro atoms. The quantitative estimate of drug-likeness (QED) is 0.612. The molecule has 2 aromatic heterocycles. The van der Waals surface area contributed by atoms with Crippen LogP contribution in [0.1, 0.15) is 11.1 Å². The molecule has 5 rings (SSSR count). The minimum Gasteiger partial charge on any atom is -0.419 e. The van der Waals surface area contributed by atoms with Gasteiger partial charge in [-0.3, -0.25) is 0 Å². The fourth-order valence-corrected chi connectivity index (χ4v) is 2.27. The topological polar surface area (TPSA) is 44.7 Å². The Morgan fingerprint density at radius 3 is 2.92 bits per heavy atom. The normalized spacial score (nSPS) is 24.3. The van der Waals surface area contributed by atoms with E-state index in [1.165, 1.54) is 0 Å². The summed E-state index contributed by atoms with van der Waals surface area (Å²) in [5, 5.41) is 1.01. The predicted molar refractivity (Wildman–Crippen MR) is 41.4 cm³/mol. The molecule has 1 unspecified atom stereocenters. The Kier molecular flexibility index (Phi) is 0.446. The molecule has 0 fully saturated rings. The van der Waals surface area contributed by atoms with Crippen LogP contribution in [-0.4, -0.2) is 6.29 Å². The highest BCUT2D eigenvalue weighted by Gasteiger charge is 2.47. The van der Waals surface area contributed by atoms with Crippen molar-refractivity contribution in [3.63, 3.8) is 0 Å². The molecule has 0 radical (unpaired) electrons. The first-order chi connectivity index (χ1) is 6.42. The molecule has 13 heavy (non-hydrogen) atoms. The molecule has 0 N–H and O–H groups in total. The number of rotatable bonds is 0. The maximum atomic E-state index is 5.46. The summed E-state index contributed by atoms with van der Waals surface area (Å²) in [7, 11) is 0. The van der Waals surface area contributed by atoms with E-state index >= 15 is 0 Å². The highest BCUT2D eigenvalue weighted by atomic mass is 16.8. The molecule has 4 heterocycles.